The fraction of sp³-hybridized carbons (Fsp3) is 0.600. The Bertz CT molecular complexity index is 660. The molecule has 156 valence electrons. The van der Waals surface area contributed by atoms with Gasteiger partial charge in [0.25, 0.3) is 5.91 Å². The highest BCUT2D eigenvalue weighted by Gasteiger charge is 2.23. The molecule has 0 saturated heterocycles. The van der Waals surface area contributed by atoms with E-state index < -0.39 is 18.7 Å². The second-order valence-corrected chi connectivity index (χ2v) is 6.72. The number of esters is 1. The summed E-state index contributed by atoms with van der Waals surface area (Å²) in [5.74, 6) is -1.25. The van der Waals surface area contributed by atoms with Gasteiger partial charge in [0.05, 0.1) is 12.2 Å². The Morgan fingerprint density at radius 3 is 2.43 bits per heavy atom. The number of halogens is 2. The largest absolute Gasteiger partial charge is 0.490 e. The average Bonchev–Trinajstić information content (AvgIpc) is 2.91. The van der Waals surface area contributed by atoms with Crippen LogP contribution in [0, 0.1) is 0 Å². The van der Waals surface area contributed by atoms with Crippen molar-refractivity contribution in [3.8, 4) is 11.5 Å². The van der Waals surface area contributed by atoms with E-state index in [1.807, 2.05) is 0 Å². The van der Waals surface area contributed by atoms with Gasteiger partial charge in [-0.05, 0) is 44.9 Å². The number of alkyl halides is 2. The average molecular weight is 399 g/mol. The zero-order chi connectivity index (χ0) is 20.5. The van der Waals surface area contributed by atoms with E-state index in [1.54, 1.807) is 6.92 Å². The molecule has 6 nitrogen and oxygen atoms in total. The van der Waals surface area contributed by atoms with Crippen molar-refractivity contribution in [1.82, 2.24) is 5.32 Å². The normalized spacial score (nSPS) is 16.2. The van der Waals surface area contributed by atoms with E-state index in [1.165, 1.54) is 38.0 Å². The van der Waals surface area contributed by atoms with Crippen LogP contribution in [-0.4, -0.2) is 37.2 Å². The molecule has 1 aliphatic carbocycles. The second-order valence-electron chi connectivity index (χ2n) is 6.72. The highest BCUT2D eigenvalue weighted by molar-refractivity contribution is 5.92. The summed E-state index contributed by atoms with van der Waals surface area (Å²) in [4.78, 5) is 24.7. The molecule has 0 bridgehead atoms. The number of benzene rings is 1. The van der Waals surface area contributed by atoms with Crippen molar-refractivity contribution >= 4 is 11.9 Å². The summed E-state index contributed by atoms with van der Waals surface area (Å²) in [5.41, 5.74) is 0.0826. The van der Waals surface area contributed by atoms with Crippen molar-refractivity contribution in [2.75, 3.05) is 6.61 Å². The smallest absolute Gasteiger partial charge is 0.387 e. The lowest BCUT2D eigenvalue weighted by Gasteiger charge is -2.20. The standard InChI is InChI=1S/C20H27F2NO5/c1-3-26-17-12-14(10-11-16(17)28-20(21)22)19(25)27-13(2)18(24)23-15-8-6-4-5-7-9-15/h10-13,15,20H,3-9H2,1-2H3,(H,23,24)/t13-/m1/s1. The molecule has 28 heavy (non-hydrogen) atoms. The molecule has 1 aliphatic rings. The molecule has 0 unspecified atom stereocenters. The molecule has 0 aromatic heterocycles. The lowest BCUT2D eigenvalue weighted by Crippen LogP contribution is -2.41. The minimum atomic E-state index is -3.01. The first-order valence-electron chi connectivity index (χ1n) is 9.63. The van der Waals surface area contributed by atoms with Gasteiger partial charge in [-0.3, -0.25) is 4.79 Å². The van der Waals surface area contributed by atoms with Crippen LogP contribution in [0.4, 0.5) is 8.78 Å². The van der Waals surface area contributed by atoms with Gasteiger partial charge in [-0.15, -0.1) is 0 Å². The fourth-order valence-corrected chi connectivity index (χ4v) is 3.12. The number of hydrogen-bond donors (Lipinski definition) is 1. The molecule has 1 atom stereocenters. The van der Waals surface area contributed by atoms with Gasteiger partial charge in [-0.1, -0.05) is 25.7 Å². The molecule has 1 N–H and O–H groups in total. The molecule has 0 heterocycles. The maximum atomic E-state index is 12.5. The zero-order valence-electron chi connectivity index (χ0n) is 16.2. The summed E-state index contributed by atoms with van der Waals surface area (Å²) in [6.45, 7) is 0.376. The van der Waals surface area contributed by atoms with Gasteiger partial charge in [-0.2, -0.15) is 8.78 Å². The van der Waals surface area contributed by atoms with Crippen LogP contribution in [0.5, 0.6) is 11.5 Å². The predicted molar refractivity (Wildman–Crippen MR) is 98.8 cm³/mol. The Kier molecular flexibility index (Phi) is 8.47. The van der Waals surface area contributed by atoms with Crippen LogP contribution in [0.25, 0.3) is 0 Å². The van der Waals surface area contributed by atoms with Crippen LogP contribution in [0.3, 0.4) is 0 Å². The SMILES string of the molecule is CCOc1cc(C(=O)O[C@H](C)C(=O)NC2CCCCCC2)ccc1OC(F)F. The van der Waals surface area contributed by atoms with Crippen molar-refractivity contribution in [2.24, 2.45) is 0 Å². The number of amides is 1. The topological polar surface area (TPSA) is 73.9 Å². The van der Waals surface area contributed by atoms with Gasteiger partial charge in [-0.25, -0.2) is 4.79 Å². The summed E-state index contributed by atoms with van der Waals surface area (Å²) in [5, 5.41) is 2.93. The molecule has 0 aliphatic heterocycles. The van der Waals surface area contributed by atoms with Crippen LogP contribution >= 0.6 is 0 Å². The van der Waals surface area contributed by atoms with Crippen LogP contribution in [-0.2, 0) is 9.53 Å². The fourth-order valence-electron chi connectivity index (χ4n) is 3.12. The minimum Gasteiger partial charge on any atom is -0.490 e. The number of carbonyl (C=O) groups is 2. The van der Waals surface area contributed by atoms with Crippen LogP contribution < -0.4 is 14.8 Å². The molecule has 8 heteroatoms. The quantitative estimate of drug-likeness (QED) is 0.527. The Morgan fingerprint density at radius 2 is 1.82 bits per heavy atom. The van der Waals surface area contributed by atoms with Crippen LogP contribution in [0.2, 0.25) is 0 Å². The first-order chi connectivity index (χ1) is 13.4. The third kappa shape index (κ3) is 6.65. The molecular weight excluding hydrogens is 372 g/mol. The van der Waals surface area contributed by atoms with Gasteiger partial charge in [0.2, 0.25) is 0 Å². The first-order valence-corrected chi connectivity index (χ1v) is 9.63. The van der Waals surface area contributed by atoms with Gasteiger partial charge in [0.1, 0.15) is 0 Å². The minimum absolute atomic E-state index is 0.00723. The van der Waals surface area contributed by atoms with E-state index in [9.17, 15) is 18.4 Å². The van der Waals surface area contributed by atoms with E-state index >= 15 is 0 Å². The van der Waals surface area contributed by atoms with E-state index in [0.29, 0.717) is 0 Å². The van der Waals surface area contributed by atoms with Crippen molar-refractivity contribution in [3.05, 3.63) is 23.8 Å². The van der Waals surface area contributed by atoms with E-state index in [4.69, 9.17) is 9.47 Å². The molecule has 2 rings (SSSR count). The molecule has 1 aromatic carbocycles. The van der Waals surface area contributed by atoms with Gasteiger partial charge >= 0.3 is 12.6 Å². The third-order valence-electron chi connectivity index (χ3n) is 4.55. The van der Waals surface area contributed by atoms with Gasteiger partial charge < -0.3 is 19.5 Å². The van der Waals surface area contributed by atoms with Gasteiger partial charge in [0.15, 0.2) is 17.6 Å². The number of hydrogen-bond acceptors (Lipinski definition) is 5. The summed E-state index contributed by atoms with van der Waals surface area (Å²) in [6, 6.07) is 3.87. The number of rotatable bonds is 8. The maximum Gasteiger partial charge on any atom is 0.387 e. The number of ether oxygens (including phenoxy) is 3. The summed E-state index contributed by atoms with van der Waals surface area (Å²) in [7, 11) is 0. The Labute approximate surface area is 163 Å². The monoisotopic (exact) mass is 399 g/mol. The van der Waals surface area contributed by atoms with E-state index in [0.717, 1.165) is 25.7 Å². The van der Waals surface area contributed by atoms with Crippen molar-refractivity contribution in [2.45, 2.75) is 71.1 Å². The Hall–Kier alpha value is -2.38. The summed E-state index contributed by atoms with van der Waals surface area (Å²) >= 11 is 0. The highest BCUT2D eigenvalue weighted by atomic mass is 19.3. The summed E-state index contributed by atoms with van der Waals surface area (Å²) in [6.07, 6.45) is 5.38. The molecular formula is C20H27F2NO5. The van der Waals surface area contributed by atoms with E-state index in [2.05, 4.69) is 10.1 Å². The van der Waals surface area contributed by atoms with E-state index in [-0.39, 0.29) is 35.6 Å². The Balaban J connectivity index is 1.98. The lowest BCUT2D eigenvalue weighted by molar-refractivity contribution is -0.129. The third-order valence-corrected chi connectivity index (χ3v) is 4.55. The Morgan fingerprint density at radius 1 is 1.14 bits per heavy atom. The molecule has 0 spiro atoms. The lowest BCUT2D eigenvalue weighted by atomic mass is 10.1. The number of nitrogens with one attached hydrogen (secondary N) is 1. The number of carbonyl (C=O) groups excluding carboxylic acids is 2. The molecule has 1 fully saturated rings. The molecule has 0 radical (unpaired) electrons. The molecule has 1 saturated carbocycles. The van der Waals surface area contributed by atoms with Crippen molar-refractivity contribution < 1.29 is 32.6 Å². The first kappa shape index (κ1) is 21.9. The second kappa shape index (κ2) is 10.8. The predicted octanol–water partition coefficient (Wildman–Crippen LogP) is 4.07. The van der Waals surface area contributed by atoms with Crippen LogP contribution in [0.1, 0.15) is 62.7 Å². The van der Waals surface area contributed by atoms with Crippen molar-refractivity contribution in [3.63, 3.8) is 0 Å². The van der Waals surface area contributed by atoms with Crippen LogP contribution in [0.15, 0.2) is 18.2 Å². The maximum absolute atomic E-state index is 12.5. The molecule has 1 amide bonds. The molecule has 1 aromatic rings. The highest BCUT2D eigenvalue weighted by Crippen LogP contribution is 2.30. The zero-order valence-corrected chi connectivity index (χ0v) is 16.2. The van der Waals surface area contributed by atoms with Gasteiger partial charge in [0, 0.05) is 6.04 Å². The summed E-state index contributed by atoms with van der Waals surface area (Å²) < 4.78 is 39.8. The van der Waals surface area contributed by atoms with Crippen molar-refractivity contribution in [1.29, 1.82) is 0 Å².